The summed E-state index contributed by atoms with van der Waals surface area (Å²) in [6.07, 6.45) is 0.399. The molecule has 1 unspecified atom stereocenters. The van der Waals surface area contributed by atoms with Crippen LogP contribution in [0.5, 0.6) is 5.75 Å². The summed E-state index contributed by atoms with van der Waals surface area (Å²) < 4.78 is 37.6. The fourth-order valence-electron chi connectivity index (χ4n) is 1.87. The standard InChI is InChI=1S/C14H16F2N2O2/c1-8(17)3-10-5-12(15)14(13(16)6-10)19-7-11-4-9(2)20-18-11/h4-6,8H,3,7,17H2,1-2H3. The first-order chi connectivity index (χ1) is 9.45. The Labute approximate surface area is 115 Å². The number of hydrogen-bond donors (Lipinski definition) is 1. The molecule has 2 N–H and O–H groups in total. The number of aromatic nitrogens is 1. The summed E-state index contributed by atoms with van der Waals surface area (Å²) in [4.78, 5) is 0. The summed E-state index contributed by atoms with van der Waals surface area (Å²) in [6.45, 7) is 3.44. The van der Waals surface area contributed by atoms with Crippen LogP contribution in [-0.4, -0.2) is 11.2 Å². The summed E-state index contributed by atoms with van der Waals surface area (Å²) >= 11 is 0. The van der Waals surface area contributed by atoms with Gasteiger partial charge in [0.2, 0.25) is 0 Å². The highest BCUT2D eigenvalue weighted by molar-refractivity contribution is 5.32. The summed E-state index contributed by atoms with van der Waals surface area (Å²) in [5.74, 6) is -1.31. The Morgan fingerprint density at radius 1 is 1.30 bits per heavy atom. The van der Waals surface area contributed by atoms with Gasteiger partial charge in [-0.15, -0.1) is 0 Å². The summed E-state index contributed by atoms with van der Waals surface area (Å²) in [7, 11) is 0. The molecule has 0 amide bonds. The van der Waals surface area contributed by atoms with Gasteiger partial charge in [0, 0.05) is 12.1 Å². The average molecular weight is 282 g/mol. The molecule has 1 aromatic heterocycles. The van der Waals surface area contributed by atoms with E-state index < -0.39 is 17.4 Å². The predicted octanol–water partition coefficient (Wildman–Crippen LogP) is 2.73. The Morgan fingerprint density at radius 3 is 2.45 bits per heavy atom. The summed E-state index contributed by atoms with van der Waals surface area (Å²) in [6, 6.07) is 3.94. The van der Waals surface area contributed by atoms with Gasteiger partial charge in [0.1, 0.15) is 18.1 Å². The van der Waals surface area contributed by atoms with Crippen molar-refractivity contribution in [2.24, 2.45) is 5.73 Å². The smallest absolute Gasteiger partial charge is 0.191 e. The Kier molecular flexibility index (Phi) is 4.34. The van der Waals surface area contributed by atoms with E-state index >= 15 is 0 Å². The molecule has 0 spiro atoms. The van der Waals surface area contributed by atoms with Crippen LogP contribution in [0.2, 0.25) is 0 Å². The van der Waals surface area contributed by atoms with Gasteiger partial charge < -0.3 is 15.0 Å². The van der Waals surface area contributed by atoms with E-state index in [2.05, 4.69) is 5.16 Å². The molecular formula is C14H16F2N2O2. The zero-order chi connectivity index (χ0) is 14.7. The third-order valence-corrected chi connectivity index (χ3v) is 2.66. The van der Waals surface area contributed by atoms with Gasteiger partial charge in [-0.25, -0.2) is 8.78 Å². The fourth-order valence-corrected chi connectivity index (χ4v) is 1.87. The minimum atomic E-state index is -0.749. The molecule has 0 aliphatic rings. The van der Waals surface area contributed by atoms with E-state index in [1.165, 1.54) is 12.1 Å². The molecule has 0 bridgehead atoms. The van der Waals surface area contributed by atoms with Gasteiger partial charge in [-0.05, 0) is 38.0 Å². The molecular weight excluding hydrogens is 266 g/mol. The van der Waals surface area contributed by atoms with Crippen LogP contribution in [0, 0.1) is 18.6 Å². The quantitative estimate of drug-likeness (QED) is 0.916. The maximum absolute atomic E-state index is 13.8. The second-order valence-electron chi connectivity index (χ2n) is 4.79. The van der Waals surface area contributed by atoms with Gasteiger partial charge in [-0.3, -0.25) is 0 Å². The Morgan fingerprint density at radius 2 is 1.95 bits per heavy atom. The molecule has 0 radical (unpaired) electrons. The third-order valence-electron chi connectivity index (χ3n) is 2.66. The highest BCUT2D eigenvalue weighted by Gasteiger charge is 2.14. The number of rotatable bonds is 5. The van der Waals surface area contributed by atoms with E-state index in [1.807, 2.05) is 0 Å². The molecule has 6 heteroatoms. The SMILES string of the molecule is Cc1cc(COc2c(F)cc(CC(C)N)cc2F)no1. The molecule has 2 rings (SSSR count). The molecule has 108 valence electrons. The lowest BCUT2D eigenvalue weighted by Gasteiger charge is -2.10. The van der Waals surface area contributed by atoms with Crippen molar-refractivity contribution in [2.45, 2.75) is 32.9 Å². The number of benzene rings is 1. The van der Waals surface area contributed by atoms with Crippen molar-refractivity contribution < 1.29 is 18.0 Å². The van der Waals surface area contributed by atoms with Gasteiger partial charge >= 0.3 is 0 Å². The van der Waals surface area contributed by atoms with Crippen LogP contribution in [-0.2, 0) is 13.0 Å². The zero-order valence-electron chi connectivity index (χ0n) is 11.3. The lowest BCUT2D eigenvalue weighted by molar-refractivity contribution is 0.261. The first-order valence-electron chi connectivity index (χ1n) is 6.24. The highest BCUT2D eigenvalue weighted by atomic mass is 19.1. The Balaban J connectivity index is 2.11. The second-order valence-corrected chi connectivity index (χ2v) is 4.79. The van der Waals surface area contributed by atoms with Crippen molar-refractivity contribution >= 4 is 0 Å². The Bertz CT molecular complexity index is 574. The van der Waals surface area contributed by atoms with Crippen LogP contribution in [0.4, 0.5) is 8.78 Å². The number of hydrogen-bond acceptors (Lipinski definition) is 4. The van der Waals surface area contributed by atoms with Crippen LogP contribution < -0.4 is 10.5 Å². The number of nitrogens with two attached hydrogens (primary N) is 1. The zero-order valence-corrected chi connectivity index (χ0v) is 11.3. The molecule has 0 saturated heterocycles. The van der Waals surface area contributed by atoms with Crippen LogP contribution >= 0.6 is 0 Å². The lowest BCUT2D eigenvalue weighted by atomic mass is 10.1. The minimum Gasteiger partial charge on any atom is -0.481 e. The molecule has 0 aliphatic heterocycles. The number of ether oxygens (including phenoxy) is 1. The van der Waals surface area contributed by atoms with E-state index in [4.69, 9.17) is 15.0 Å². The van der Waals surface area contributed by atoms with Gasteiger partial charge in [0.05, 0.1) is 0 Å². The van der Waals surface area contributed by atoms with Crippen molar-refractivity contribution in [3.8, 4) is 5.75 Å². The van der Waals surface area contributed by atoms with E-state index in [9.17, 15) is 8.78 Å². The molecule has 2 aromatic rings. The van der Waals surface area contributed by atoms with E-state index in [0.29, 0.717) is 23.4 Å². The van der Waals surface area contributed by atoms with Crippen LogP contribution in [0.1, 0.15) is 23.9 Å². The van der Waals surface area contributed by atoms with Gasteiger partial charge in [-0.1, -0.05) is 5.16 Å². The van der Waals surface area contributed by atoms with Crippen molar-refractivity contribution in [3.05, 3.63) is 46.9 Å². The maximum Gasteiger partial charge on any atom is 0.191 e. The summed E-state index contributed by atoms with van der Waals surface area (Å²) in [5.41, 5.74) is 6.58. The first kappa shape index (κ1) is 14.5. The monoisotopic (exact) mass is 282 g/mol. The highest BCUT2D eigenvalue weighted by Crippen LogP contribution is 2.24. The number of aryl methyl sites for hydroxylation is 1. The predicted molar refractivity (Wildman–Crippen MR) is 69.3 cm³/mol. The molecule has 0 aliphatic carbocycles. The number of halogens is 2. The van der Waals surface area contributed by atoms with Crippen molar-refractivity contribution in [2.75, 3.05) is 0 Å². The summed E-state index contributed by atoms with van der Waals surface area (Å²) in [5, 5.41) is 3.69. The average Bonchev–Trinajstić information content (AvgIpc) is 2.73. The van der Waals surface area contributed by atoms with Gasteiger partial charge in [0.25, 0.3) is 0 Å². The van der Waals surface area contributed by atoms with Crippen LogP contribution in [0.15, 0.2) is 22.7 Å². The molecule has 1 atom stereocenters. The van der Waals surface area contributed by atoms with Gasteiger partial charge in [-0.2, -0.15) is 0 Å². The van der Waals surface area contributed by atoms with E-state index in [0.717, 1.165) is 0 Å². The topological polar surface area (TPSA) is 61.3 Å². The maximum atomic E-state index is 13.8. The second kappa shape index (κ2) is 6.00. The number of nitrogens with zero attached hydrogens (tertiary/aromatic N) is 1. The molecule has 1 heterocycles. The molecule has 4 nitrogen and oxygen atoms in total. The normalized spacial score (nSPS) is 12.4. The van der Waals surface area contributed by atoms with Crippen LogP contribution in [0.3, 0.4) is 0 Å². The minimum absolute atomic E-state index is 0.0577. The van der Waals surface area contributed by atoms with Crippen molar-refractivity contribution in [1.82, 2.24) is 5.16 Å². The third kappa shape index (κ3) is 3.54. The van der Waals surface area contributed by atoms with Crippen molar-refractivity contribution in [3.63, 3.8) is 0 Å². The molecule has 0 fully saturated rings. The van der Waals surface area contributed by atoms with Crippen LogP contribution in [0.25, 0.3) is 0 Å². The molecule has 1 aromatic carbocycles. The first-order valence-corrected chi connectivity index (χ1v) is 6.24. The van der Waals surface area contributed by atoms with E-state index in [1.54, 1.807) is 19.9 Å². The van der Waals surface area contributed by atoms with E-state index in [-0.39, 0.29) is 12.6 Å². The Hall–Kier alpha value is -1.95. The largest absolute Gasteiger partial charge is 0.481 e. The fraction of sp³-hybridized carbons (Fsp3) is 0.357. The lowest BCUT2D eigenvalue weighted by Crippen LogP contribution is -2.18. The van der Waals surface area contributed by atoms with Gasteiger partial charge in [0.15, 0.2) is 17.4 Å². The molecule has 0 saturated carbocycles. The van der Waals surface area contributed by atoms with Crippen molar-refractivity contribution in [1.29, 1.82) is 0 Å². The molecule has 20 heavy (non-hydrogen) atoms.